The summed E-state index contributed by atoms with van der Waals surface area (Å²) in [6.07, 6.45) is 1.45. The SMILES string of the molecule is CC(C)(CN)c1ccc(NC(=O)c2c[nH]c3ccccc3c2=O)cc1. The van der Waals surface area contributed by atoms with Gasteiger partial charge in [-0.15, -0.1) is 0 Å². The zero-order chi connectivity index (χ0) is 18.0. The second kappa shape index (κ2) is 6.53. The number of hydrogen-bond acceptors (Lipinski definition) is 3. The van der Waals surface area contributed by atoms with Gasteiger partial charge in [-0.1, -0.05) is 38.1 Å². The Morgan fingerprint density at radius 2 is 1.80 bits per heavy atom. The van der Waals surface area contributed by atoms with Crippen molar-refractivity contribution in [3.05, 3.63) is 76.1 Å². The lowest BCUT2D eigenvalue weighted by Gasteiger charge is -2.23. The number of carbonyl (C=O) groups is 1. The summed E-state index contributed by atoms with van der Waals surface area (Å²) in [5.41, 5.74) is 7.90. The first kappa shape index (κ1) is 16.9. The molecule has 3 aromatic rings. The Hall–Kier alpha value is -2.92. The van der Waals surface area contributed by atoms with Crippen molar-refractivity contribution in [2.24, 2.45) is 5.73 Å². The molecule has 128 valence electrons. The van der Waals surface area contributed by atoms with Crippen LogP contribution in [0.25, 0.3) is 10.9 Å². The summed E-state index contributed by atoms with van der Waals surface area (Å²) in [5.74, 6) is -0.433. The Labute approximate surface area is 145 Å². The molecule has 2 aromatic carbocycles. The number of hydrogen-bond donors (Lipinski definition) is 3. The monoisotopic (exact) mass is 335 g/mol. The Morgan fingerprint density at radius 3 is 2.48 bits per heavy atom. The largest absolute Gasteiger partial charge is 0.360 e. The van der Waals surface area contributed by atoms with Crippen molar-refractivity contribution >= 4 is 22.5 Å². The van der Waals surface area contributed by atoms with Gasteiger partial charge >= 0.3 is 0 Å². The predicted octanol–water partition coefficient (Wildman–Crippen LogP) is 3.02. The molecule has 1 amide bonds. The lowest BCUT2D eigenvalue weighted by atomic mass is 9.85. The highest BCUT2D eigenvalue weighted by Crippen LogP contribution is 2.23. The van der Waals surface area contributed by atoms with Gasteiger partial charge in [0.25, 0.3) is 5.91 Å². The van der Waals surface area contributed by atoms with Crippen LogP contribution >= 0.6 is 0 Å². The van der Waals surface area contributed by atoms with Gasteiger partial charge in [0, 0.05) is 34.7 Å². The first-order valence-electron chi connectivity index (χ1n) is 8.15. The summed E-state index contributed by atoms with van der Waals surface area (Å²) < 4.78 is 0. The predicted molar refractivity (Wildman–Crippen MR) is 101 cm³/mol. The van der Waals surface area contributed by atoms with Crippen molar-refractivity contribution in [1.29, 1.82) is 0 Å². The molecule has 5 nitrogen and oxygen atoms in total. The van der Waals surface area contributed by atoms with Gasteiger partial charge in [0.05, 0.1) is 0 Å². The van der Waals surface area contributed by atoms with Crippen LogP contribution in [0.4, 0.5) is 5.69 Å². The molecule has 5 heteroatoms. The van der Waals surface area contributed by atoms with Gasteiger partial charge in [-0.05, 0) is 29.8 Å². The number of H-pyrrole nitrogens is 1. The minimum absolute atomic E-state index is 0.0880. The van der Waals surface area contributed by atoms with Crippen molar-refractivity contribution in [1.82, 2.24) is 4.98 Å². The number of para-hydroxylation sites is 1. The lowest BCUT2D eigenvalue weighted by Crippen LogP contribution is -2.28. The number of amides is 1. The highest BCUT2D eigenvalue weighted by Gasteiger charge is 2.18. The number of fused-ring (bicyclic) bond motifs is 1. The van der Waals surface area contributed by atoms with Crippen LogP contribution in [0, 0.1) is 0 Å². The van der Waals surface area contributed by atoms with Crippen LogP contribution in [0.5, 0.6) is 0 Å². The van der Waals surface area contributed by atoms with Gasteiger partial charge in [0.1, 0.15) is 5.56 Å². The van der Waals surface area contributed by atoms with E-state index < -0.39 is 5.91 Å². The van der Waals surface area contributed by atoms with E-state index in [1.165, 1.54) is 6.20 Å². The fourth-order valence-electron chi connectivity index (χ4n) is 2.66. The van der Waals surface area contributed by atoms with Gasteiger partial charge < -0.3 is 16.0 Å². The number of nitrogens with one attached hydrogen (secondary N) is 2. The number of benzene rings is 2. The molecule has 25 heavy (non-hydrogen) atoms. The Balaban J connectivity index is 1.86. The van der Waals surface area contributed by atoms with Crippen molar-refractivity contribution in [2.75, 3.05) is 11.9 Å². The molecule has 1 aromatic heterocycles. The summed E-state index contributed by atoms with van der Waals surface area (Å²) >= 11 is 0. The number of pyridine rings is 1. The highest BCUT2D eigenvalue weighted by molar-refractivity contribution is 6.05. The summed E-state index contributed by atoms with van der Waals surface area (Å²) in [5, 5.41) is 3.27. The number of anilines is 1. The zero-order valence-corrected chi connectivity index (χ0v) is 14.3. The summed E-state index contributed by atoms with van der Waals surface area (Å²) in [6, 6.07) is 14.6. The van der Waals surface area contributed by atoms with Crippen LogP contribution in [-0.2, 0) is 5.41 Å². The molecule has 0 saturated carbocycles. The standard InChI is InChI=1S/C20H21N3O2/c1-20(2,12-21)13-7-9-14(10-8-13)23-19(25)16-11-22-17-6-4-3-5-15(17)18(16)24/h3-11H,12,21H2,1-2H3,(H,22,24)(H,23,25). The Morgan fingerprint density at radius 1 is 1.12 bits per heavy atom. The fourth-order valence-corrected chi connectivity index (χ4v) is 2.66. The third-order valence-corrected chi connectivity index (χ3v) is 4.47. The maximum atomic E-state index is 12.5. The molecule has 0 unspecified atom stereocenters. The molecule has 1 heterocycles. The van der Waals surface area contributed by atoms with Crippen LogP contribution in [-0.4, -0.2) is 17.4 Å². The molecule has 3 rings (SSSR count). The second-order valence-electron chi connectivity index (χ2n) is 6.70. The van der Waals surface area contributed by atoms with E-state index >= 15 is 0 Å². The normalized spacial score (nSPS) is 11.5. The summed E-state index contributed by atoms with van der Waals surface area (Å²) in [4.78, 5) is 27.9. The molecule has 0 saturated heterocycles. The summed E-state index contributed by atoms with van der Waals surface area (Å²) in [6.45, 7) is 4.66. The maximum absolute atomic E-state index is 12.5. The van der Waals surface area contributed by atoms with E-state index in [4.69, 9.17) is 5.73 Å². The average molecular weight is 335 g/mol. The van der Waals surface area contributed by atoms with Gasteiger partial charge in [-0.2, -0.15) is 0 Å². The van der Waals surface area contributed by atoms with E-state index in [1.807, 2.05) is 30.3 Å². The molecule has 0 atom stereocenters. The van der Waals surface area contributed by atoms with E-state index in [-0.39, 0.29) is 16.4 Å². The maximum Gasteiger partial charge on any atom is 0.261 e. The molecule has 0 radical (unpaired) electrons. The van der Waals surface area contributed by atoms with Crippen LogP contribution in [0.3, 0.4) is 0 Å². The van der Waals surface area contributed by atoms with Crippen molar-refractivity contribution in [3.63, 3.8) is 0 Å². The van der Waals surface area contributed by atoms with Crippen LogP contribution in [0.1, 0.15) is 29.8 Å². The molecule has 0 aliphatic carbocycles. The van der Waals surface area contributed by atoms with E-state index in [9.17, 15) is 9.59 Å². The van der Waals surface area contributed by atoms with Gasteiger partial charge in [-0.25, -0.2) is 0 Å². The summed E-state index contributed by atoms with van der Waals surface area (Å²) in [7, 11) is 0. The van der Waals surface area contributed by atoms with Gasteiger partial charge in [0.15, 0.2) is 0 Å². The fraction of sp³-hybridized carbons (Fsp3) is 0.200. The van der Waals surface area contributed by atoms with E-state index in [2.05, 4.69) is 24.1 Å². The third-order valence-electron chi connectivity index (χ3n) is 4.47. The third kappa shape index (κ3) is 3.32. The number of carbonyl (C=O) groups excluding carboxylic acids is 1. The van der Waals surface area contributed by atoms with Crippen LogP contribution in [0.15, 0.2) is 59.5 Å². The number of aromatic amines is 1. The molecule has 0 spiro atoms. The number of rotatable bonds is 4. The average Bonchev–Trinajstić information content (AvgIpc) is 2.62. The Bertz CT molecular complexity index is 972. The minimum atomic E-state index is -0.433. The van der Waals surface area contributed by atoms with Crippen LogP contribution in [0.2, 0.25) is 0 Å². The van der Waals surface area contributed by atoms with Gasteiger partial charge in [-0.3, -0.25) is 9.59 Å². The Kier molecular flexibility index (Phi) is 4.42. The number of aromatic nitrogens is 1. The van der Waals surface area contributed by atoms with E-state index in [0.717, 1.165) is 5.56 Å². The molecular formula is C20H21N3O2. The van der Waals surface area contributed by atoms with Crippen molar-refractivity contribution in [2.45, 2.75) is 19.3 Å². The van der Waals surface area contributed by atoms with E-state index in [1.54, 1.807) is 18.2 Å². The van der Waals surface area contributed by atoms with Gasteiger partial charge in [0.2, 0.25) is 5.43 Å². The molecule has 0 aliphatic heterocycles. The highest BCUT2D eigenvalue weighted by atomic mass is 16.2. The molecule has 0 bridgehead atoms. The molecule has 0 aliphatic rings. The minimum Gasteiger partial charge on any atom is -0.360 e. The lowest BCUT2D eigenvalue weighted by molar-refractivity contribution is 0.102. The second-order valence-corrected chi connectivity index (χ2v) is 6.70. The molecule has 0 fully saturated rings. The molecule has 4 N–H and O–H groups in total. The zero-order valence-electron chi connectivity index (χ0n) is 14.3. The first-order chi connectivity index (χ1) is 11.9. The molecular weight excluding hydrogens is 314 g/mol. The van der Waals surface area contributed by atoms with E-state index in [0.29, 0.717) is 23.1 Å². The first-order valence-corrected chi connectivity index (χ1v) is 8.15. The topological polar surface area (TPSA) is 88.0 Å². The van der Waals surface area contributed by atoms with Crippen molar-refractivity contribution in [3.8, 4) is 0 Å². The van der Waals surface area contributed by atoms with Crippen molar-refractivity contribution < 1.29 is 4.79 Å². The van der Waals surface area contributed by atoms with Crippen LogP contribution < -0.4 is 16.5 Å². The quantitative estimate of drug-likeness (QED) is 0.685. The number of nitrogens with two attached hydrogens (primary N) is 1. The smallest absolute Gasteiger partial charge is 0.261 e.